The fourth-order valence-corrected chi connectivity index (χ4v) is 5.53. The Bertz CT molecular complexity index is 622. The van der Waals surface area contributed by atoms with Crippen molar-refractivity contribution in [3.8, 4) is 0 Å². The van der Waals surface area contributed by atoms with Gasteiger partial charge in [0.2, 0.25) is 0 Å². The van der Waals surface area contributed by atoms with Gasteiger partial charge in [0.25, 0.3) is 10.1 Å². The van der Waals surface area contributed by atoms with Crippen LogP contribution in [0.4, 0.5) is 0 Å². The lowest BCUT2D eigenvalue weighted by Gasteiger charge is -2.32. The minimum Gasteiger partial charge on any atom is -0.378 e. The van der Waals surface area contributed by atoms with Crippen molar-refractivity contribution in [2.24, 2.45) is 17.0 Å². The van der Waals surface area contributed by atoms with Crippen LogP contribution >= 0.6 is 0 Å². The third-order valence-corrected chi connectivity index (χ3v) is 6.55. The molecule has 0 aromatic carbocycles. The second kappa shape index (κ2) is 8.89. The summed E-state index contributed by atoms with van der Waals surface area (Å²) in [6, 6.07) is 0.205. The number of rotatable bonds is 3. The fraction of sp³-hybridized carbons (Fsp3) is 1.00. The summed E-state index contributed by atoms with van der Waals surface area (Å²) in [6.45, 7) is 1.40. The molecule has 0 N–H and O–H groups in total. The van der Waals surface area contributed by atoms with Crippen molar-refractivity contribution in [2.45, 2.75) is 75.7 Å². The number of nitrogens with zero attached hydrogens (tertiary/aromatic N) is 3. The Morgan fingerprint density at radius 1 is 0.962 bits per heavy atom. The largest absolute Gasteiger partial charge is 0.378 e. The van der Waals surface area contributed by atoms with E-state index in [1.54, 1.807) is 0 Å². The molecule has 0 spiro atoms. The quantitative estimate of drug-likeness (QED) is 0.320. The molecule has 148 valence electrons. The maximum atomic E-state index is 11.0. The topological polar surface area (TPSA) is 111 Å². The molecule has 2 aliphatic heterocycles. The summed E-state index contributed by atoms with van der Waals surface area (Å²) in [5.74, 6) is 0.799. The molecule has 2 saturated carbocycles. The Labute approximate surface area is 155 Å². The number of fused-ring (bicyclic) bond motifs is 2. The van der Waals surface area contributed by atoms with Crippen LogP contribution in [0.3, 0.4) is 0 Å². The van der Waals surface area contributed by atoms with Gasteiger partial charge in [-0.05, 0) is 50.0 Å². The molecule has 0 amide bonds. The highest BCUT2D eigenvalue weighted by molar-refractivity contribution is 7.86. The number of ether oxygens (including phenoxy) is 2. The van der Waals surface area contributed by atoms with Crippen LogP contribution in [-0.2, 0) is 23.8 Å². The number of hydrogen-bond acceptors (Lipinski definition) is 6. The Morgan fingerprint density at radius 3 is 2.23 bits per heavy atom. The van der Waals surface area contributed by atoms with Crippen LogP contribution < -0.4 is 0 Å². The van der Waals surface area contributed by atoms with Gasteiger partial charge in [-0.3, -0.25) is 4.18 Å². The molecule has 8 nitrogen and oxygen atoms in total. The van der Waals surface area contributed by atoms with Crippen molar-refractivity contribution in [1.82, 2.24) is 0 Å². The first-order valence-corrected chi connectivity index (χ1v) is 11.5. The van der Waals surface area contributed by atoms with Gasteiger partial charge < -0.3 is 9.47 Å². The van der Waals surface area contributed by atoms with Crippen molar-refractivity contribution < 1.29 is 22.1 Å². The monoisotopic (exact) mass is 387 g/mol. The first kappa shape index (κ1) is 19.9. The van der Waals surface area contributed by atoms with Crippen molar-refractivity contribution in [1.29, 1.82) is 0 Å². The van der Waals surface area contributed by atoms with Crippen molar-refractivity contribution in [3.63, 3.8) is 0 Å². The van der Waals surface area contributed by atoms with Crippen molar-refractivity contribution in [3.05, 3.63) is 10.4 Å². The average Bonchev–Trinajstić information content (AvgIpc) is 3.24. The molecule has 2 aliphatic carbocycles. The van der Waals surface area contributed by atoms with Gasteiger partial charge in [0.15, 0.2) is 0 Å². The Balaban J connectivity index is 0.000000152. The maximum absolute atomic E-state index is 11.0. The van der Waals surface area contributed by atoms with Gasteiger partial charge in [-0.25, -0.2) is 0 Å². The minimum absolute atomic E-state index is 0.147. The Morgan fingerprint density at radius 2 is 1.58 bits per heavy atom. The van der Waals surface area contributed by atoms with Crippen LogP contribution in [0.1, 0.15) is 51.4 Å². The summed E-state index contributed by atoms with van der Waals surface area (Å²) >= 11 is 0. The van der Waals surface area contributed by atoms with Gasteiger partial charge in [-0.2, -0.15) is 8.42 Å². The van der Waals surface area contributed by atoms with E-state index in [1.165, 1.54) is 12.8 Å². The van der Waals surface area contributed by atoms with E-state index in [-0.39, 0.29) is 18.2 Å². The zero-order chi connectivity index (χ0) is 18.6. The van der Waals surface area contributed by atoms with Gasteiger partial charge in [0.05, 0.1) is 24.6 Å². The highest BCUT2D eigenvalue weighted by Gasteiger charge is 2.39. The van der Waals surface area contributed by atoms with Crippen molar-refractivity contribution >= 4 is 10.1 Å². The van der Waals surface area contributed by atoms with Gasteiger partial charge in [-0.15, -0.1) is 0 Å². The molecule has 0 bridgehead atoms. The molecule has 0 unspecified atom stereocenters. The van der Waals surface area contributed by atoms with Gasteiger partial charge >= 0.3 is 0 Å². The predicted molar refractivity (Wildman–Crippen MR) is 96.0 cm³/mol. The smallest absolute Gasteiger partial charge is 0.264 e. The van der Waals surface area contributed by atoms with E-state index in [0.717, 1.165) is 45.0 Å². The number of hydrogen-bond donors (Lipinski definition) is 0. The minimum atomic E-state index is -3.32. The molecule has 26 heavy (non-hydrogen) atoms. The molecular formula is C17H29N3O5S. The van der Waals surface area contributed by atoms with Crippen LogP contribution in [0.25, 0.3) is 10.4 Å². The lowest BCUT2D eigenvalue weighted by molar-refractivity contribution is -0.0652. The Hall–Kier alpha value is -0.860. The standard InChI is InChI=1S/C9H16O4S.C8H13N3O/c1-14(10,11)13-9-5-6-12-8-4-2-3-7(8)9;9-11-10-7-4-5-12-8-3-1-2-6(7)8/h7-9H,2-6H2,1H3;6-8H,1-5H2/t7-,8-,9+;6-,7+,8+/m01/s1. The molecule has 4 fully saturated rings. The molecular weight excluding hydrogens is 358 g/mol. The van der Waals surface area contributed by atoms with Gasteiger partial charge in [-0.1, -0.05) is 18.0 Å². The highest BCUT2D eigenvalue weighted by Crippen LogP contribution is 2.37. The second-order valence-corrected chi connectivity index (χ2v) is 9.30. The van der Waals surface area contributed by atoms with E-state index in [2.05, 4.69) is 10.0 Å². The molecule has 2 saturated heterocycles. The van der Waals surface area contributed by atoms with E-state index in [1.807, 2.05) is 0 Å². The zero-order valence-electron chi connectivity index (χ0n) is 15.3. The third-order valence-electron chi connectivity index (χ3n) is 5.96. The van der Waals surface area contributed by atoms with Crippen LogP contribution in [-0.4, -0.2) is 52.2 Å². The summed E-state index contributed by atoms with van der Waals surface area (Å²) < 4.78 is 38.3. The second-order valence-electron chi connectivity index (χ2n) is 7.70. The summed E-state index contributed by atoms with van der Waals surface area (Å²) in [5, 5.41) is 3.83. The maximum Gasteiger partial charge on any atom is 0.264 e. The molecule has 0 aromatic heterocycles. The van der Waals surface area contributed by atoms with Crippen molar-refractivity contribution in [2.75, 3.05) is 19.5 Å². The van der Waals surface area contributed by atoms with Gasteiger partial charge in [0, 0.05) is 30.1 Å². The fourth-order valence-electron chi connectivity index (χ4n) is 4.85. The zero-order valence-corrected chi connectivity index (χ0v) is 16.1. The predicted octanol–water partition coefficient (Wildman–Crippen LogP) is 3.17. The molecule has 0 radical (unpaired) electrons. The lowest BCUT2D eigenvalue weighted by Crippen LogP contribution is -2.38. The highest BCUT2D eigenvalue weighted by atomic mass is 32.2. The first-order chi connectivity index (χ1) is 12.5. The van der Waals surface area contributed by atoms with Gasteiger partial charge in [0.1, 0.15) is 0 Å². The molecule has 2 heterocycles. The molecule has 9 heteroatoms. The van der Waals surface area contributed by atoms with Crippen LogP contribution in [0, 0.1) is 11.8 Å². The normalized spacial score (nSPS) is 39.1. The van der Waals surface area contributed by atoms with Crippen LogP contribution in [0.5, 0.6) is 0 Å². The molecule has 4 aliphatic rings. The summed E-state index contributed by atoms with van der Waals surface area (Å²) in [6.07, 6.45) is 9.96. The van der Waals surface area contributed by atoms with E-state index in [4.69, 9.17) is 19.2 Å². The molecule has 4 rings (SSSR count). The number of azide groups is 1. The van der Waals surface area contributed by atoms with Crippen LogP contribution in [0.2, 0.25) is 0 Å². The molecule has 6 atom stereocenters. The average molecular weight is 388 g/mol. The summed E-state index contributed by atoms with van der Waals surface area (Å²) in [5.41, 5.74) is 8.36. The SMILES string of the molecule is CS(=O)(=O)O[C@@H]1CCO[C@H]2CCC[C@@H]21.[N-]=[N+]=N[C@H]1CCO[C@H]2CCC[C@H]12. The lowest BCUT2D eigenvalue weighted by atomic mass is 9.92. The third kappa shape index (κ3) is 5.10. The van der Waals surface area contributed by atoms with E-state index in [0.29, 0.717) is 31.0 Å². The Kier molecular flexibility index (Phi) is 6.80. The van der Waals surface area contributed by atoms with Crippen LogP contribution in [0.15, 0.2) is 5.11 Å². The van der Waals surface area contributed by atoms with E-state index >= 15 is 0 Å². The van der Waals surface area contributed by atoms with E-state index < -0.39 is 10.1 Å². The van der Waals surface area contributed by atoms with E-state index in [9.17, 15) is 8.42 Å². The summed E-state index contributed by atoms with van der Waals surface area (Å²) in [4.78, 5) is 2.89. The first-order valence-electron chi connectivity index (χ1n) is 9.63. The molecule has 0 aromatic rings. The summed E-state index contributed by atoms with van der Waals surface area (Å²) in [7, 11) is -3.32.